The van der Waals surface area contributed by atoms with Crippen LogP contribution in [0.15, 0.2) is 121 Å². The Kier molecular flexibility index (Phi) is 43.1. The number of nitrogens with one attached hydrogen (secondary N) is 10. The van der Waals surface area contributed by atoms with Crippen LogP contribution >= 0.6 is 0 Å². The molecule has 9 rings (SSSR count). The maximum absolute atomic E-state index is 13.9. The molecule has 0 fully saturated rings. The van der Waals surface area contributed by atoms with Gasteiger partial charge in [0.25, 0.3) is 23.6 Å². The first-order valence-corrected chi connectivity index (χ1v) is 45.1. The van der Waals surface area contributed by atoms with Crippen LogP contribution in [0.5, 0.6) is 0 Å². The van der Waals surface area contributed by atoms with Crippen molar-refractivity contribution in [2.75, 3.05) is 185 Å². The van der Waals surface area contributed by atoms with Gasteiger partial charge in [-0.05, 0) is 408 Å². The SMILES string of the molecule is CN(CCCN)CCCCNCCCCNC(=O)c1ccc(-c2c3nc(c(-c4ccc(C(=O)NCCCCNCCCCN(C)CCCN)cc4)c4ccc([nH]4)c(-c4ccc(C(=O)NCCCCNCCCN(C)CCCCN)cc4)c4ccc([nH]4)c(-c4ccc(C(=O)NCCCCNCCCN(C)CCCCN)cc4)c4nc2CC4)C=C3)cc1. The second-order valence-corrected chi connectivity index (χ2v) is 32.6. The minimum atomic E-state index is -0.131. The van der Waals surface area contributed by atoms with Gasteiger partial charge in [0, 0.05) is 92.8 Å². The van der Waals surface area contributed by atoms with Crippen LogP contribution in [-0.4, -0.2) is 248 Å². The highest BCUT2D eigenvalue weighted by Gasteiger charge is 2.24. The van der Waals surface area contributed by atoms with Crippen LogP contribution in [0.1, 0.15) is 193 Å². The van der Waals surface area contributed by atoms with Crippen molar-refractivity contribution in [1.82, 2.24) is 82.1 Å². The molecule has 2 aliphatic heterocycles. The Morgan fingerprint density at radius 1 is 0.283 bits per heavy atom. The number of benzene rings is 4. The molecule has 8 bridgehead atoms. The first-order valence-electron chi connectivity index (χ1n) is 45.1. The number of amides is 4. The van der Waals surface area contributed by atoms with E-state index in [4.69, 9.17) is 32.9 Å². The molecule has 0 saturated heterocycles. The summed E-state index contributed by atoms with van der Waals surface area (Å²) >= 11 is 0. The largest absolute Gasteiger partial charge is 0.354 e. The number of aromatic nitrogens is 4. The summed E-state index contributed by atoms with van der Waals surface area (Å²) in [4.78, 5) is 84.1. The molecule has 3 aromatic heterocycles. The lowest BCUT2D eigenvalue weighted by Crippen LogP contribution is -2.27. The Hall–Kier alpha value is -8.86. The molecule has 2 aliphatic rings. The van der Waals surface area contributed by atoms with Crippen molar-refractivity contribution in [3.05, 3.63) is 166 Å². The first kappa shape index (κ1) is 95.0. The van der Waals surface area contributed by atoms with Gasteiger partial charge in [0.05, 0.1) is 22.8 Å². The Morgan fingerprint density at radius 2 is 0.533 bits per heavy atom. The van der Waals surface area contributed by atoms with E-state index in [2.05, 4.69) is 137 Å². The minimum absolute atomic E-state index is 0.124. The number of carbonyl (C=O) groups excluding carboxylic acids is 4. The van der Waals surface area contributed by atoms with E-state index in [9.17, 15) is 19.2 Å². The van der Waals surface area contributed by atoms with E-state index in [1.807, 2.05) is 97.1 Å². The molecule has 4 aromatic carbocycles. The van der Waals surface area contributed by atoms with Crippen LogP contribution in [0.25, 0.3) is 78.7 Å². The third-order valence-corrected chi connectivity index (χ3v) is 22.6. The van der Waals surface area contributed by atoms with Gasteiger partial charge in [0.2, 0.25) is 0 Å². The lowest BCUT2D eigenvalue weighted by atomic mass is 9.98. The molecule has 24 heteroatoms. The van der Waals surface area contributed by atoms with Gasteiger partial charge in [0.15, 0.2) is 0 Å². The monoisotopic (exact) mass is 1640 g/mol. The number of nitrogens with two attached hydrogens (primary N) is 4. The van der Waals surface area contributed by atoms with E-state index in [0.717, 1.165) is 337 Å². The molecule has 4 amide bonds. The molecule has 18 N–H and O–H groups in total. The van der Waals surface area contributed by atoms with E-state index in [-0.39, 0.29) is 23.6 Å². The highest BCUT2D eigenvalue weighted by Crippen LogP contribution is 2.39. The number of aryl methyl sites for hydroxylation is 2. The Bertz CT molecular complexity index is 4370. The van der Waals surface area contributed by atoms with Crippen molar-refractivity contribution >= 4 is 57.8 Å². The topological polar surface area (TPSA) is 339 Å². The molecule has 24 nitrogen and oxygen atoms in total. The number of nitrogens with zero attached hydrogens (tertiary/aromatic N) is 6. The lowest BCUT2D eigenvalue weighted by molar-refractivity contribution is 0.0945. The normalized spacial score (nSPS) is 12.1. The van der Waals surface area contributed by atoms with Crippen LogP contribution < -0.4 is 65.5 Å². The highest BCUT2D eigenvalue weighted by molar-refractivity contribution is 6.02. The molecule has 0 saturated carbocycles. The zero-order valence-corrected chi connectivity index (χ0v) is 72.9. The summed E-state index contributed by atoms with van der Waals surface area (Å²) in [5.41, 5.74) is 38.3. The molecule has 120 heavy (non-hydrogen) atoms. The predicted molar refractivity (Wildman–Crippen MR) is 498 cm³/mol. The number of carbonyl (C=O) groups is 4. The standard InChI is InChI=1S/C96H144N20O4/c1-113(69-21-51-99)67-19-15-57-101-53-7-11-61-105-93(117)77-33-25-73(26-34-77)89-81-41-42-82(109-81)90(74-27-35-78(36-28-74)94(118)106-62-12-8-54-102-58-16-20-68-114(2)70-22-52-100)84-44-46-86(111-84)92(76-31-39-80(40-32-76)96(120)108-64-14-10-56-104-60-24-72-116(4)66-18-6-50-98)88-48-47-87(112-88)91(85-45-43-83(89)110-85)75-29-37-79(38-30-75)95(119)107-63-13-9-55-103-59-23-71-115(3)65-17-5-49-97/h25-43,45,47-48,101-104,110,112H,5-24,44,46,49-72,97-100H2,1-4H3,(H,105,117)(H,106,118)(H,107,119)(H,108,120). The maximum atomic E-state index is 13.9. The van der Waals surface area contributed by atoms with Gasteiger partial charge in [-0.25, -0.2) is 4.98 Å². The summed E-state index contributed by atoms with van der Waals surface area (Å²) in [5, 5.41) is 27.0. The van der Waals surface area contributed by atoms with Crippen LogP contribution in [0, 0.1) is 0 Å². The number of fused-ring (bicyclic) bond motifs is 8. The van der Waals surface area contributed by atoms with Crippen LogP contribution in [0.3, 0.4) is 0 Å². The molecule has 0 aliphatic carbocycles. The van der Waals surface area contributed by atoms with Crippen molar-refractivity contribution in [3.63, 3.8) is 0 Å². The fourth-order valence-corrected chi connectivity index (χ4v) is 15.5. The number of hydrogen-bond acceptors (Lipinski definition) is 18. The molecular weight excluding hydrogens is 1500 g/mol. The van der Waals surface area contributed by atoms with Gasteiger partial charge in [-0.3, -0.25) is 24.2 Å². The van der Waals surface area contributed by atoms with E-state index >= 15 is 0 Å². The summed E-state index contributed by atoms with van der Waals surface area (Å²) in [7, 11) is 8.66. The van der Waals surface area contributed by atoms with E-state index in [1.54, 1.807) is 0 Å². The third-order valence-electron chi connectivity index (χ3n) is 22.6. The number of H-pyrrole nitrogens is 2. The fraction of sp³-hybridized carbons (Fsp3) is 0.521. The summed E-state index contributed by atoms with van der Waals surface area (Å²) in [6.45, 7) is 21.1. The van der Waals surface area contributed by atoms with Gasteiger partial charge < -0.3 is 95.0 Å². The molecule has 0 spiro atoms. The quantitative estimate of drug-likeness (QED) is 0.0158. The summed E-state index contributed by atoms with van der Waals surface area (Å²) in [5.74, 6) is -0.510. The smallest absolute Gasteiger partial charge is 0.251 e. The molecule has 5 heterocycles. The van der Waals surface area contributed by atoms with Crippen molar-refractivity contribution in [3.8, 4) is 44.5 Å². The Labute approximate surface area is 715 Å². The number of rotatable bonds is 60. The average molecular weight is 1640 g/mol. The second kappa shape index (κ2) is 54.5. The molecule has 0 radical (unpaired) electrons. The van der Waals surface area contributed by atoms with Crippen LogP contribution in [0.4, 0.5) is 0 Å². The molecule has 0 atom stereocenters. The molecule has 7 aromatic rings. The number of aromatic amines is 2. The maximum Gasteiger partial charge on any atom is 0.251 e. The summed E-state index contributed by atoms with van der Waals surface area (Å²) < 4.78 is 0. The average Bonchev–Trinajstić information content (AvgIpc) is 1.67. The van der Waals surface area contributed by atoms with Crippen LogP contribution in [-0.2, 0) is 12.8 Å². The molecular formula is C96H144N20O4. The second-order valence-electron chi connectivity index (χ2n) is 32.6. The zero-order valence-electron chi connectivity index (χ0n) is 72.9. The van der Waals surface area contributed by atoms with Gasteiger partial charge in [-0.15, -0.1) is 0 Å². The van der Waals surface area contributed by atoms with Crippen molar-refractivity contribution < 1.29 is 19.2 Å². The van der Waals surface area contributed by atoms with Crippen molar-refractivity contribution in [2.45, 2.75) is 141 Å². The highest BCUT2D eigenvalue weighted by atomic mass is 16.2. The lowest BCUT2D eigenvalue weighted by Gasteiger charge is -2.16. The number of unbranched alkanes of at least 4 members (excludes halogenated alkanes) is 8. The van der Waals surface area contributed by atoms with E-state index in [0.29, 0.717) is 72.7 Å². The number of hydrogen-bond donors (Lipinski definition) is 14. The van der Waals surface area contributed by atoms with Gasteiger partial charge in [0.1, 0.15) is 0 Å². The van der Waals surface area contributed by atoms with E-state index in [1.165, 1.54) is 0 Å². The molecule has 652 valence electrons. The Balaban J connectivity index is 1.02. The van der Waals surface area contributed by atoms with Gasteiger partial charge in [-0.1, -0.05) is 48.5 Å². The van der Waals surface area contributed by atoms with Gasteiger partial charge in [-0.2, -0.15) is 0 Å². The first-order chi connectivity index (χ1) is 58.7. The van der Waals surface area contributed by atoms with Crippen molar-refractivity contribution in [1.29, 1.82) is 0 Å². The predicted octanol–water partition coefficient (Wildman–Crippen LogP) is 11.6. The minimum Gasteiger partial charge on any atom is -0.354 e. The van der Waals surface area contributed by atoms with Crippen molar-refractivity contribution in [2.24, 2.45) is 22.9 Å². The van der Waals surface area contributed by atoms with Crippen LogP contribution in [0.2, 0.25) is 0 Å². The molecule has 0 unspecified atom stereocenters. The van der Waals surface area contributed by atoms with Gasteiger partial charge >= 0.3 is 0 Å². The fourth-order valence-electron chi connectivity index (χ4n) is 15.5. The summed E-state index contributed by atoms with van der Waals surface area (Å²) in [6.07, 6.45) is 25.7. The van der Waals surface area contributed by atoms with E-state index < -0.39 is 0 Å². The Morgan fingerprint density at radius 3 is 0.883 bits per heavy atom. The zero-order chi connectivity index (χ0) is 84.7. The third kappa shape index (κ3) is 32.2. The summed E-state index contributed by atoms with van der Waals surface area (Å²) in [6, 6.07) is 39.7.